The molecule has 0 saturated carbocycles. The van der Waals surface area contributed by atoms with Crippen LogP contribution in [0.2, 0.25) is 5.02 Å². The quantitative estimate of drug-likeness (QED) is 0.872. The topological polar surface area (TPSA) is 68.5 Å². The fraction of sp³-hybridized carbons (Fsp3) is 0.143. The highest BCUT2D eigenvalue weighted by molar-refractivity contribution is 6.30. The van der Waals surface area contributed by atoms with Gasteiger partial charge in [0.2, 0.25) is 5.60 Å². The number of nitrogens with zero attached hydrogens (tertiary/aromatic N) is 1. The SMILES string of the molecule is NC(=O)[C@@]1(c2ccccn2)O[C@H]1c1cccc(Cl)c1. The minimum atomic E-state index is -1.17. The summed E-state index contributed by atoms with van der Waals surface area (Å²) >= 11 is 5.95. The second kappa shape index (κ2) is 4.33. The number of amides is 1. The Labute approximate surface area is 115 Å². The first-order valence-corrected chi connectivity index (χ1v) is 6.17. The summed E-state index contributed by atoms with van der Waals surface area (Å²) in [5.41, 5.74) is 5.66. The van der Waals surface area contributed by atoms with Crippen LogP contribution in [0, 0.1) is 0 Å². The van der Waals surface area contributed by atoms with Gasteiger partial charge in [-0.1, -0.05) is 29.8 Å². The Morgan fingerprint density at radius 1 is 1.32 bits per heavy atom. The van der Waals surface area contributed by atoms with Gasteiger partial charge in [-0.2, -0.15) is 0 Å². The molecule has 96 valence electrons. The predicted molar refractivity (Wildman–Crippen MR) is 70.4 cm³/mol. The third-order valence-electron chi connectivity index (χ3n) is 3.18. The van der Waals surface area contributed by atoms with Crippen LogP contribution in [0.15, 0.2) is 48.7 Å². The van der Waals surface area contributed by atoms with Crippen molar-refractivity contribution >= 4 is 17.5 Å². The van der Waals surface area contributed by atoms with Crippen molar-refractivity contribution in [2.24, 2.45) is 5.73 Å². The summed E-state index contributed by atoms with van der Waals surface area (Å²) in [5, 5.41) is 0.590. The fourth-order valence-electron chi connectivity index (χ4n) is 2.21. The van der Waals surface area contributed by atoms with Crippen molar-refractivity contribution in [3.63, 3.8) is 0 Å². The number of pyridine rings is 1. The third-order valence-corrected chi connectivity index (χ3v) is 3.41. The number of hydrogen-bond donors (Lipinski definition) is 1. The molecule has 0 aliphatic carbocycles. The molecule has 1 fully saturated rings. The van der Waals surface area contributed by atoms with Crippen LogP contribution in [0.3, 0.4) is 0 Å². The zero-order valence-electron chi connectivity index (χ0n) is 9.92. The lowest BCUT2D eigenvalue weighted by Crippen LogP contribution is -2.31. The maximum atomic E-state index is 11.8. The van der Waals surface area contributed by atoms with Gasteiger partial charge in [-0.25, -0.2) is 0 Å². The maximum Gasteiger partial charge on any atom is 0.259 e. The lowest BCUT2D eigenvalue weighted by atomic mass is 9.95. The van der Waals surface area contributed by atoms with E-state index in [0.717, 1.165) is 5.56 Å². The zero-order valence-corrected chi connectivity index (χ0v) is 10.7. The molecule has 1 aliphatic rings. The highest BCUT2D eigenvalue weighted by Gasteiger charge is 2.64. The summed E-state index contributed by atoms with van der Waals surface area (Å²) in [6.07, 6.45) is 1.18. The molecule has 1 aromatic carbocycles. The van der Waals surface area contributed by atoms with Gasteiger partial charge >= 0.3 is 0 Å². The summed E-state index contributed by atoms with van der Waals surface area (Å²) in [5.74, 6) is -0.545. The molecule has 3 rings (SSSR count). The first-order valence-electron chi connectivity index (χ1n) is 5.79. The molecule has 2 N–H and O–H groups in total. The second-order valence-electron chi connectivity index (χ2n) is 4.37. The second-order valence-corrected chi connectivity index (χ2v) is 4.80. The van der Waals surface area contributed by atoms with Crippen LogP contribution >= 0.6 is 11.6 Å². The van der Waals surface area contributed by atoms with Gasteiger partial charge in [0.25, 0.3) is 5.91 Å². The van der Waals surface area contributed by atoms with Crippen LogP contribution in [-0.2, 0) is 15.1 Å². The minimum absolute atomic E-state index is 0.432. The third kappa shape index (κ3) is 1.89. The van der Waals surface area contributed by atoms with E-state index in [0.29, 0.717) is 10.7 Å². The number of ether oxygens (including phenoxy) is 1. The number of primary amides is 1. The number of aromatic nitrogens is 1. The van der Waals surface area contributed by atoms with E-state index < -0.39 is 17.6 Å². The molecule has 0 bridgehead atoms. The first-order chi connectivity index (χ1) is 9.14. The molecule has 1 aliphatic heterocycles. The molecule has 5 heteroatoms. The van der Waals surface area contributed by atoms with Gasteiger partial charge in [0.15, 0.2) is 0 Å². The molecule has 1 saturated heterocycles. The molecule has 0 radical (unpaired) electrons. The molecular weight excluding hydrogens is 264 g/mol. The van der Waals surface area contributed by atoms with Gasteiger partial charge < -0.3 is 10.5 Å². The average Bonchev–Trinajstić information content (AvgIpc) is 3.16. The minimum Gasteiger partial charge on any atom is -0.367 e. The van der Waals surface area contributed by atoms with E-state index in [2.05, 4.69) is 4.98 Å². The Kier molecular flexibility index (Phi) is 2.77. The van der Waals surface area contributed by atoms with Gasteiger partial charge in [-0.05, 0) is 29.8 Å². The average molecular weight is 275 g/mol. The fourth-order valence-corrected chi connectivity index (χ4v) is 2.41. The first kappa shape index (κ1) is 12.1. The summed E-state index contributed by atoms with van der Waals surface area (Å²) < 4.78 is 5.60. The van der Waals surface area contributed by atoms with E-state index in [1.807, 2.05) is 12.1 Å². The molecule has 1 aromatic heterocycles. The van der Waals surface area contributed by atoms with Gasteiger partial charge in [-0.3, -0.25) is 9.78 Å². The van der Waals surface area contributed by atoms with Crippen molar-refractivity contribution in [2.75, 3.05) is 0 Å². The van der Waals surface area contributed by atoms with Crippen LogP contribution in [0.25, 0.3) is 0 Å². The molecule has 2 aromatic rings. The molecule has 0 unspecified atom stereocenters. The number of halogens is 1. The Bertz CT molecular complexity index is 632. The number of nitrogens with two attached hydrogens (primary N) is 1. The van der Waals surface area contributed by atoms with Crippen molar-refractivity contribution in [3.8, 4) is 0 Å². The van der Waals surface area contributed by atoms with Crippen LogP contribution < -0.4 is 5.73 Å². The monoisotopic (exact) mass is 274 g/mol. The maximum absolute atomic E-state index is 11.8. The number of rotatable bonds is 3. The summed E-state index contributed by atoms with van der Waals surface area (Å²) in [6.45, 7) is 0. The lowest BCUT2D eigenvalue weighted by Gasteiger charge is -2.08. The zero-order chi connectivity index (χ0) is 13.5. The Morgan fingerprint density at radius 3 is 2.79 bits per heavy atom. The van der Waals surface area contributed by atoms with Gasteiger partial charge in [0.05, 0.1) is 5.69 Å². The normalized spacial score (nSPS) is 25.0. The van der Waals surface area contributed by atoms with Gasteiger partial charge in [0, 0.05) is 11.2 Å². The van der Waals surface area contributed by atoms with Crippen molar-refractivity contribution in [3.05, 3.63) is 64.9 Å². The summed E-state index contributed by atoms with van der Waals surface area (Å²) in [4.78, 5) is 16.0. The molecule has 2 heterocycles. The van der Waals surface area contributed by atoms with Crippen LogP contribution in [-0.4, -0.2) is 10.9 Å². The number of epoxide rings is 1. The summed E-state index contributed by atoms with van der Waals surface area (Å²) in [7, 11) is 0. The predicted octanol–water partition coefficient (Wildman–Crippen LogP) is 2.19. The molecule has 4 nitrogen and oxygen atoms in total. The van der Waals surface area contributed by atoms with Crippen molar-refractivity contribution in [1.82, 2.24) is 4.98 Å². The standard InChI is InChI=1S/C14H11ClN2O2/c15-10-5-3-4-9(8-10)12-14(19-12,13(16)18)11-6-1-2-7-17-11/h1-8,12H,(H2,16,18)/t12-,14-/m0/s1. The Balaban J connectivity index is 2.02. The van der Waals surface area contributed by atoms with Gasteiger partial charge in [0.1, 0.15) is 6.10 Å². The van der Waals surface area contributed by atoms with Crippen molar-refractivity contribution in [2.45, 2.75) is 11.7 Å². The van der Waals surface area contributed by atoms with Crippen LogP contribution in [0.5, 0.6) is 0 Å². The van der Waals surface area contributed by atoms with Crippen molar-refractivity contribution < 1.29 is 9.53 Å². The highest BCUT2D eigenvalue weighted by Crippen LogP contribution is 2.56. The van der Waals surface area contributed by atoms with Crippen LogP contribution in [0.1, 0.15) is 17.4 Å². The van der Waals surface area contributed by atoms with Crippen LogP contribution in [0.4, 0.5) is 0 Å². The Morgan fingerprint density at radius 2 is 2.16 bits per heavy atom. The molecule has 0 spiro atoms. The number of benzene rings is 1. The molecule has 1 amide bonds. The Hall–Kier alpha value is -1.91. The largest absolute Gasteiger partial charge is 0.367 e. The smallest absolute Gasteiger partial charge is 0.259 e. The van der Waals surface area contributed by atoms with E-state index in [4.69, 9.17) is 22.1 Å². The van der Waals surface area contributed by atoms with Crippen molar-refractivity contribution in [1.29, 1.82) is 0 Å². The van der Waals surface area contributed by atoms with E-state index in [9.17, 15) is 4.79 Å². The van der Waals surface area contributed by atoms with E-state index in [1.54, 1.807) is 36.5 Å². The number of carbonyl (C=O) groups is 1. The highest BCUT2D eigenvalue weighted by atomic mass is 35.5. The molecular formula is C14H11ClN2O2. The van der Waals surface area contributed by atoms with E-state index in [1.165, 1.54) is 0 Å². The number of carbonyl (C=O) groups excluding carboxylic acids is 1. The molecule has 19 heavy (non-hydrogen) atoms. The van der Waals surface area contributed by atoms with E-state index >= 15 is 0 Å². The molecule has 2 atom stereocenters. The lowest BCUT2D eigenvalue weighted by molar-refractivity contribution is -0.123. The van der Waals surface area contributed by atoms with E-state index in [-0.39, 0.29) is 0 Å². The summed E-state index contributed by atoms with van der Waals surface area (Å²) in [6, 6.07) is 12.5. The van der Waals surface area contributed by atoms with Gasteiger partial charge in [-0.15, -0.1) is 0 Å². The number of hydrogen-bond acceptors (Lipinski definition) is 3.